The maximum Gasteiger partial charge on any atom is 0.337 e. The highest BCUT2D eigenvalue weighted by Crippen LogP contribution is 2.31. The third kappa shape index (κ3) is 3.07. The molecule has 0 saturated carbocycles. The van der Waals surface area contributed by atoms with Gasteiger partial charge in [0.25, 0.3) is 5.91 Å². The number of nitrogens with one attached hydrogen (secondary N) is 1. The summed E-state index contributed by atoms with van der Waals surface area (Å²) >= 11 is 17.2. The van der Waals surface area contributed by atoms with Gasteiger partial charge in [-0.05, 0) is 35.9 Å². The zero-order valence-electron chi connectivity index (χ0n) is 9.62. The number of carbonyl (C=O) groups excluding carboxylic acids is 1. The van der Waals surface area contributed by atoms with Crippen LogP contribution in [0.5, 0.6) is 0 Å². The van der Waals surface area contributed by atoms with Crippen LogP contribution in [-0.2, 0) is 0 Å². The number of carboxylic acid groups (broad SMARTS) is 1. The van der Waals surface area contributed by atoms with Gasteiger partial charge in [0.05, 0.1) is 16.3 Å². The van der Waals surface area contributed by atoms with Crippen molar-refractivity contribution in [3.05, 3.63) is 50.9 Å². The zero-order chi connectivity index (χ0) is 14.9. The Morgan fingerprint density at radius 2 is 1.85 bits per heavy atom. The second-order valence-corrected chi connectivity index (χ2v) is 4.89. The lowest BCUT2D eigenvalue weighted by Gasteiger charge is -2.10. The molecule has 0 saturated heterocycles. The Labute approximate surface area is 128 Å². The Morgan fingerprint density at radius 3 is 2.40 bits per heavy atom. The van der Waals surface area contributed by atoms with E-state index in [0.717, 1.165) is 0 Å². The van der Waals surface area contributed by atoms with Crippen molar-refractivity contribution < 1.29 is 19.1 Å². The van der Waals surface area contributed by atoms with Crippen molar-refractivity contribution in [1.82, 2.24) is 0 Å². The lowest BCUT2D eigenvalue weighted by Crippen LogP contribution is -2.14. The molecule has 1 aromatic carbocycles. The third-order valence-electron chi connectivity index (χ3n) is 2.32. The fourth-order valence-electron chi connectivity index (χ4n) is 1.48. The minimum atomic E-state index is -1.28. The molecule has 0 aliphatic rings. The first-order valence-corrected chi connectivity index (χ1v) is 6.31. The molecule has 5 nitrogen and oxygen atoms in total. The molecule has 0 radical (unpaired) electrons. The molecule has 0 bridgehead atoms. The first-order chi connectivity index (χ1) is 9.38. The van der Waals surface area contributed by atoms with Crippen LogP contribution in [-0.4, -0.2) is 17.0 Å². The highest BCUT2D eigenvalue weighted by atomic mass is 35.5. The summed E-state index contributed by atoms with van der Waals surface area (Å²) in [5, 5.41) is 11.6. The Balaban J connectivity index is 2.38. The largest absolute Gasteiger partial charge is 0.478 e. The van der Waals surface area contributed by atoms with E-state index in [9.17, 15) is 9.59 Å². The van der Waals surface area contributed by atoms with Crippen molar-refractivity contribution in [3.63, 3.8) is 0 Å². The van der Waals surface area contributed by atoms with Crippen LogP contribution in [0.1, 0.15) is 20.9 Å². The molecule has 1 heterocycles. The molecule has 0 aliphatic carbocycles. The van der Waals surface area contributed by atoms with Crippen LogP contribution in [0.4, 0.5) is 5.69 Å². The lowest BCUT2D eigenvalue weighted by molar-refractivity contribution is 0.0698. The molecule has 0 unspecified atom stereocenters. The van der Waals surface area contributed by atoms with E-state index in [1.807, 2.05) is 0 Å². The summed E-state index contributed by atoms with van der Waals surface area (Å²) in [5.74, 6) is -2.02. The second-order valence-electron chi connectivity index (χ2n) is 3.67. The van der Waals surface area contributed by atoms with Gasteiger partial charge in [-0.25, -0.2) is 4.79 Å². The minimum Gasteiger partial charge on any atom is -0.478 e. The topological polar surface area (TPSA) is 79.5 Å². The zero-order valence-corrected chi connectivity index (χ0v) is 11.9. The Bertz CT molecular complexity index is 696. The molecule has 0 atom stereocenters. The number of hydrogen-bond donors (Lipinski definition) is 2. The minimum absolute atomic E-state index is 0.000836. The fourth-order valence-corrected chi connectivity index (χ4v) is 2.17. The number of amides is 1. The van der Waals surface area contributed by atoms with Crippen LogP contribution in [0, 0.1) is 0 Å². The van der Waals surface area contributed by atoms with E-state index in [2.05, 4.69) is 5.32 Å². The highest BCUT2D eigenvalue weighted by Gasteiger charge is 2.19. The summed E-state index contributed by atoms with van der Waals surface area (Å²) in [7, 11) is 0. The Hall–Kier alpha value is -1.69. The Kier molecular flexibility index (Phi) is 4.23. The maximum absolute atomic E-state index is 11.9. The molecule has 104 valence electrons. The van der Waals surface area contributed by atoms with Gasteiger partial charge in [0, 0.05) is 5.02 Å². The molecule has 8 heteroatoms. The molecule has 0 aliphatic heterocycles. The number of aromatic carboxylic acids is 1. The number of furan rings is 1. The van der Waals surface area contributed by atoms with Crippen molar-refractivity contribution >= 4 is 52.4 Å². The van der Waals surface area contributed by atoms with Gasteiger partial charge in [0.1, 0.15) is 0 Å². The molecule has 1 amide bonds. The van der Waals surface area contributed by atoms with Gasteiger partial charge in [-0.15, -0.1) is 0 Å². The van der Waals surface area contributed by atoms with Gasteiger partial charge in [-0.1, -0.05) is 23.2 Å². The predicted octanol–water partition coefficient (Wildman–Crippen LogP) is 4.19. The van der Waals surface area contributed by atoms with Crippen LogP contribution in [0.15, 0.2) is 28.7 Å². The summed E-state index contributed by atoms with van der Waals surface area (Å²) in [6.07, 6.45) is 0. The maximum atomic E-state index is 11.9. The average molecular weight is 335 g/mol. The van der Waals surface area contributed by atoms with Crippen molar-refractivity contribution in [1.29, 1.82) is 0 Å². The van der Waals surface area contributed by atoms with E-state index in [4.69, 9.17) is 44.3 Å². The van der Waals surface area contributed by atoms with Crippen molar-refractivity contribution in [2.75, 3.05) is 5.32 Å². The van der Waals surface area contributed by atoms with Gasteiger partial charge >= 0.3 is 5.97 Å². The van der Waals surface area contributed by atoms with Gasteiger partial charge in [-0.3, -0.25) is 4.79 Å². The van der Waals surface area contributed by atoms with Crippen LogP contribution in [0.25, 0.3) is 0 Å². The van der Waals surface area contributed by atoms with Crippen molar-refractivity contribution in [3.8, 4) is 0 Å². The molecule has 2 rings (SSSR count). The summed E-state index contributed by atoms with van der Waals surface area (Å²) in [6, 6.07) is 5.24. The highest BCUT2D eigenvalue weighted by molar-refractivity contribution is 6.38. The first-order valence-electron chi connectivity index (χ1n) is 5.17. The fraction of sp³-hybridized carbons (Fsp3) is 0. The molecule has 2 N–H and O–H groups in total. The van der Waals surface area contributed by atoms with Gasteiger partial charge in [0.2, 0.25) is 0 Å². The monoisotopic (exact) mass is 333 g/mol. The molecule has 0 fully saturated rings. The predicted molar refractivity (Wildman–Crippen MR) is 75.1 cm³/mol. The van der Waals surface area contributed by atoms with Crippen LogP contribution >= 0.6 is 34.8 Å². The summed E-state index contributed by atoms with van der Waals surface area (Å²) < 4.78 is 4.92. The first kappa shape index (κ1) is 14.7. The smallest absolute Gasteiger partial charge is 0.337 e. The molecular formula is C12H6Cl3NO4. The molecule has 2 aromatic rings. The van der Waals surface area contributed by atoms with E-state index in [1.54, 1.807) is 0 Å². The van der Waals surface area contributed by atoms with E-state index >= 15 is 0 Å². The molecular weight excluding hydrogens is 328 g/mol. The van der Waals surface area contributed by atoms with Gasteiger partial charge < -0.3 is 14.8 Å². The van der Waals surface area contributed by atoms with Crippen molar-refractivity contribution in [2.45, 2.75) is 0 Å². The van der Waals surface area contributed by atoms with Gasteiger partial charge in [0.15, 0.2) is 11.0 Å². The van der Waals surface area contributed by atoms with Gasteiger partial charge in [-0.2, -0.15) is 0 Å². The number of anilines is 1. The quantitative estimate of drug-likeness (QED) is 0.882. The number of carbonyl (C=O) groups is 2. The standard InChI is InChI=1S/C12H6Cl3NO4/c13-5-3-6(12(18)19)10(7(14)4-5)16-11(17)8-1-2-9(15)20-8/h1-4H,(H,16,17)(H,18,19). The number of hydrogen-bond acceptors (Lipinski definition) is 3. The number of carboxylic acids is 1. The summed E-state index contributed by atoms with van der Waals surface area (Å²) in [4.78, 5) is 23.0. The molecule has 0 spiro atoms. The molecule has 1 aromatic heterocycles. The normalized spacial score (nSPS) is 10.3. The second kappa shape index (κ2) is 5.75. The van der Waals surface area contributed by atoms with Crippen LogP contribution < -0.4 is 5.32 Å². The number of benzene rings is 1. The molecule has 20 heavy (non-hydrogen) atoms. The van der Waals surface area contributed by atoms with E-state index < -0.39 is 11.9 Å². The number of halogens is 3. The number of rotatable bonds is 3. The van der Waals surface area contributed by atoms with E-state index in [0.29, 0.717) is 0 Å². The SMILES string of the molecule is O=C(Nc1c(Cl)cc(Cl)cc1C(=O)O)c1ccc(Cl)o1. The average Bonchev–Trinajstić information content (AvgIpc) is 2.78. The summed E-state index contributed by atoms with van der Waals surface area (Å²) in [5.41, 5.74) is -0.297. The lowest BCUT2D eigenvalue weighted by atomic mass is 10.1. The third-order valence-corrected chi connectivity index (χ3v) is 3.04. The van der Waals surface area contributed by atoms with Crippen LogP contribution in [0.2, 0.25) is 15.3 Å². The Morgan fingerprint density at radius 1 is 1.15 bits per heavy atom. The van der Waals surface area contributed by atoms with Crippen molar-refractivity contribution in [2.24, 2.45) is 0 Å². The van der Waals surface area contributed by atoms with E-state index in [-0.39, 0.29) is 32.3 Å². The summed E-state index contributed by atoms with van der Waals surface area (Å²) in [6.45, 7) is 0. The van der Waals surface area contributed by atoms with Crippen LogP contribution in [0.3, 0.4) is 0 Å². The van der Waals surface area contributed by atoms with E-state index in [1.165, 1.54) is 24.3 Å².